The standard InChI is InChI=1S/C19H15FN2OS/c20-16-7-5-13(6-8-16)11-17-18(23)21-19(24-17)22-10-9-14-3-1-2-4-15(14)12-22/h1-8,11H,9-10,12H2/b17-11-. The molecule has 2 aromatic rings. The number of rotatable bonds is 1. The molecule has 0 N–H and O–H groups in total. The van der Waals surface area contributed by atoms with Crippen LogP contribution in [-0.4, -0.2) is 22.5 Å². The summed E-state index contributed by atoms with van der Waals surface area (Å²) < 4.78 is 13.0. The highest BCUT2D eigenvalue weighted by Gasteiger charge is 2.28. The summed E-state index contributed by atoms with van der Waals surface area (Å²) in [4.78, 5) is 19.1. The maximum atomic E-state index is 13.0. The van der Waals surface area contributed by atoms with Crippen molar-refractivity contribution in [3.8, 4) is 0 Å². The molecule has 0 spiro atoms. The average Bonchev–Trinajstić information content (AvgIpc) is 2.97. The van der Waals surface area contributed by atoms with Gasteiger partial charge in [-0.25, -0.2) is 4.39 Å². The first-order valence-electron chi connectivity index (χ1n) is 7.79. The minimum absolute atomic E-state index is 0.224. The molecule has 2 aliphatic rings. The third-order valence-corrected chi connectivity index (χ3v) is 5.22. The molecule has 4 rings (SSSR count). The number of carbonyl (C=O) groups excluding carboxylic acids is 1. The molecule has 0 atom stereocenters. The quantitative estimate of drug-likeness (QED) is 0.740. The lowest BCUT2D eigenvalue weighted by molar-refractivity contribution is -0.113. The van der Waals surface area contributed by atoms with Crippen LogP contribution in [0.1, 0.15) is 16.7 Å². The zero-order chi connectivity index (χ0) is 16.5. The Morgan fingerprint density at radius 2 is 1.83 bits per heavy atom. The molecule has 1 amide bonds. The van der Waals surface area contributed by atoms with Gasteiger partial charge in [-0.15, -0.1) is 0 Å². The molecule has 0 radical (unpaired) electrons. The van der Waals surface area contributed by atoms with Crippen molar-refractivity contribution in [1.29, 1.82) is 0 Å². The Hall–Kier alpha value is -2.40. The van der Waals surface area contributed by atoms with Crippen LogP contribution in [0.4, 0.5) is 4.39 Å². The molecule has 2 aliphatic heterocycles. The minimum Gasteiger partial charge on any atom is -0.346 e. The van der Waals surface area contributed by atoms with Gasteiger partial charge in [-0.2, -0.15) is 4.99 Å². The fraction of sp³-hybridized carbons (Fsp3) is 0.158. The second-order valence-electron chi connectivity index (χ2n) is 5.80. The number of fused-ring (bicyclic) bond motifs is 1. The van der Waals surface area contributed by atoms with E-state index in [1.165, 1.54) is 35.0 Å². The molecule has 0 aromatic heterocycles. The molecule has 0 saturated heterocycles. The van der Waals surface area contributed by atoms with Gasteiger partial charge in [0.05, 0.1) is 4.91 Å². The molecular formula is C19H15FN2OS. The first-order chi connectivity index (χ1) is 11.7. The number of thioether (sulfide) groups is 1. The largest absolute Gasteiger partial charge is 0.346 e. The van der Waals surface area contributed by atoms with E-state index in [-0.39, 0.29) is 11.7 Å². The smallest absolute Gasteiger partial charge is 0.286 e. The van der Waals surface area contributed by atoms with E-state index in [2.05, 4.69) is 28.1 Å². The average molecular weight is 338 g/mol. The molecule has 120 valence electrons. The van der Waals surface area contributed by atoms with Crippen LogP contribution in [0.3, 0.4) is 0 Å². The van der Waals surface area contributed by atoms with Gasteiger partial charge >= 0.3 is 0 Å². The van der Waals surface area contributed by atoms with Crippen LogP contribution in [0, 0.1) is 5.82 Å². The number of hydrogen-bond donors (Lipinski definition) is 0. The van der Waals surface area contributed by atoms with Crippen molar-refractivity contribution in [2.24, 2.45) is 4.99 Å². The number of carbonyl (C=O) groups is 1. The van der Waals surface area contributed by atoms with Gasteiger partial charge in [-0.05, 0) is 53.1 Å². The summed E-state index contributed by atoms with van der Waals surface area (Å²) in [5.74, 6) is -0.510. The Morgan fingerprint density at radius 3 is 2.62 bits per heavy atom. The monoisotopic (exact) mass is 338 g/mol. The summed E-state index contributed by atoms with van der Waals surface area (Å²) >= 11 is 1.39. The molecule has 0 saturated carbocycles. The highest BCUT2D eigenvalue weighted by molar-refractivity contribution is 8.18. The Bertz CT molecular complexity index is 858. The molecule has 24 heavy (non-hydrogen) atoms. The van der Waals surface area contributed by atoms with Crippen molar-refractivity contribution in [3.63, 3.8) is 0 Å². The zero-order valence-corrected chi connectivity index (χ0v) is 13.7. The van der Waals surface area contributed by atoms with Crippen molar-refractivity contribution >= 4 is 28.9 Å². The van der Waals surface area contributed by atoms with Gasteiger partial charge in [0.2, 0.25) is 0 Å². The van der Waals surface area contributed by atoms with Crippen LogP contribution >= 0.6 is 11.8 Å². The molecule has 0 aliphatic carbocycles. The van der Waals surface area contributed by atoms with Crippen LogP contribution in [0.2, 0.25) is 0 Å². The van der Waals surface area contributed by atoms with Crippen molar-refractivity contribution in [3.05, 3.63) is 75.9 Å². The van der Waals surface area contributed by atoms with E-state index in [1.54, 1.807) is 18.2 Å². The number of halogens is 1. The maximum absolute atomic E-state index is 13.0. The number of amides is 1. The summed E-state index contributed by atoms with van der Waals surface area (Å²) in [6.45, 7) is 1.64. The van der Waals surface area contributed by atoms with E-state index >= 15 is 0 Å². The molecule has 5 heteroatoms. The fourth-order valence-electron chi connectivity index (χ4n) is 2.90. The van der Waals surface area contributed by atoms with E-state index in [4.69, 9.17) is 0 Å². The van der Waals surface area contributed by atoms with Gasteiger partial charge in [-0.1, -0.05) is 36.4 Å². The van der Waals surface area contributed by atoms with E-state index in [0.29, 0.717) is 4.91 Å². The molecule has 2 heterocycles. The molecule has 0 unspecified atom stereocenters. The van der Waals surface area contributed by atoms with E-state index < -0.39 is 0 Å². The van der Waals surface area contributed by atoms with Crippen molar-refractivity contribution in [2.45, 2.75) is 13.0 Å². The minimum atomic E-state index is -0.286. The topological polar surface area (TPSA) is 32.7 Å². The highest BCUT2D eigenvalue weighted by Crippen LogP contribution is 2.32. The van der Waals surface area contributed by atoms with Crippen molar-refractivity contribution in [1.82, 2.24) is 4.90 Å². The number of benzene rings is 2. The second-order valence-corrected chi connectivity index (χ2v) is 6.81. The van der Waals surface area contributed by atoms with Gasteiger partial charge in [-0.3, -0.25) is 4.79 Å². The third kappa shape index (κ3) is 2.99. The molecular weight excluding hydrogens is 323 g/mol. The predicted molar refractivity (Wildman–Crippen MR) is 95.0 cm³/mol. The first-order valence-corrected chi connectivity index (χ1v) is 8.60. The Kier molecular flexibility index (Phi) is 3.94. The number of amidine groups is 1. The lowest BCUT2D eigenvalue weighted by Crippen LogP contribution is -2.33. The van der Waals surface area contributed by atoms with Gasteiger partial charge in [0.15, 0.2) is 5.17 Å². The van der Waals surface area contributed by atoms with Crippen molar-refractivity contribution in [2.75, 3.05) is 6.54 Å². The lowest BCUT2D eigenvalue weighted by atomic mass is 10.0. The SMILES string of the molecule is O=C1N=C(N2CCc3ccccc3C2)S/C1=C\c1ccc(F)cc1. The second kappa shape index (κ2) is 6.24. The Balaban J connectivity index is 1.52. The molecule has 2 aromatic carbocycles. The van der Waals surface area contributed by atoms with Crippen LogP contribution in [0.5, 0.6) is 0 Å². The molecule has 0 fully saturated rings. The first kappa shape index (κ1) is 15.1. The summed E-state index contributed by atoms with van der Waals surface area (Å²) in [5, 5.41) is 0.753. The van der Waals surface area contributed by atoms with Crippen LogP contribution < -0.4 is 0 Å². The predicted octanol–water partition coefficient (Wildman–Crippen LogP) is 3.85. The van der Waals surface area contributed by atoms with Gasteiger partial charge < -0.3 is 4.90 Å². The summed E-state index contributed by atoms with van der Waals surface area (Å²) in [6, 6.07) is 14.5. The molecule has 0 bridgehead atoms. The lowest BCUT2D eigenvalue weighted by Gasteiger charge is -2.29. The third-order valence-electron chi connectivity index (χ3n) is 4.18. The zero-order valence-electron chi connectivity index (χ0n) is 12.9. The summed E-state index contributed by atoms with van der Waals surface area (Å²) in [6.07, 6.45) is 2.72. The van der Waals surface area contributed by atoms with Crippen LogP contribution in [0.15, 0.2) is 58.4 Å². The molecule has 3 nitrogen and oxygen atoms in total. The number of hydrogen-bond acceptors (Lipinski definition) is 3. The van der Waals surface area contributed by atoms with Crippen LogP contribution in [0.25, 0.3) is 6.08 Å². The number of aliphatic imine (C=N–C) groups is 1. The highest BCUT2D eigenvalue weighted by atomic mass is 32.2. The van der Waals surface area contributed by atoms with E-state index in [1.807, 2.05) is 6.07 Å². The summed E-state index contributed by atoms with van der Waals surface area (Å²) in [7, 11) is 0. The number of nitrogens with zero attached hydrogens (tertiary/aromatic N) is 2. The van der Waals surface area contributed by atoms with Crippen molar-refractivity contribution < 1.29 is 9.18 Å². The van der Waals surface area contributed by atoms with E-state index in [0.717, 1.165) is 30.2 Å². The Morgan fingerprint density at radius 1 is 1.08 bits per heavy atom. The van der Waals surface area contributed by atoms with Gasteiger partial charge in [0.25, 0.3) is 5.91 Å². The maximum Gasteiger partial charge on any atom is 0.286 e. The van der Waals surface area contributed by atoms with Gasteiger partial charge in [0, 0.05) is 13.1 Å². The fourth-order valence-corrected chi connectivity index (χ4v) is 3.84. The summed E-state index contributed by atoms with van der Waals surface area (Å²) in [5.41, 5.74) is 3.45. The van der Waals surface area contributed by atoms with Gasteiger partial charge in [0.1, 0.15) is 5.82 Å². The normalized spacial score (nSPS) is 18.7. The Labute approximate surface area is 143 Å². The van der Waals surface area contributed by atoms with Crippen LogP contribution in [-0.2, 0) is 17.8 Å². The van der Waals surface area contributed by atoms with E-state index in [9.17, 15) is 9.18 Å².